The number of aromatic nitrogens is 3. The van der Waals surface area contributed by atoms with Gasteiger partial charge in [0.15, 0.2) is 0 Å². The van der Waals surface area contributed by atoms with Crippen molar-refractivity contribution >= 4 is 11.8 Å². The van der Waals surface area contributed by atoms with E-state index >= 15 is 0 Å². The van der Waals surface area contributed by atoms with Crippen LogP contribution in [0.25, 0.3) is 0 Å². The van der Waals surface area contributed by atoms with Crippen molar-refractivity contribution in [1.29, 1.82) is 0 Å². The molecule has 2 aliphatic rings. The first-order valence-electron chi connectivity index (χ1n) is 10.9. The molecule has 0 saturated carbocycles. The largest absolute Gasteiger partial charge is 0.355 e. The van der Waals surface area contributed by atoms with Gasteiger partial charge in [0.2, 0.25) is 11.8 Å². The van der Waals surface area contributed by atoms with Crippen LogP contribution in [0.3, 0.4) is 0 Å². The molecule has 1 aliphatic heterocycles. The number of fused-ring (bicyclic) bond motifs is 1. The zero-order chi connectivity index (χ0) is 20.9. The molecule has 7 nitrogen and oxygen atoms in total. The predicted octanol–water partition coefficient (Wildman–Crippen LogP) is 2.16. The van der Waals surface area contributed by atoms with Crippen molar-refractivity contribution < 1.29 is 9.59 Å². The molecule has 1 unspecified atom stereocenters. The summed E-state index contributed by atoms with van der Waals surface area (Å²) < 4.78 is 0. The number of piperidine rings is 1. The van der Waals surface area contributed by atoms with Crippen LogP contribution in [0.2, 0.25) is 0 Å². The molecular weight excluding hydrogens is 378 g/mol. The van der Waals surface area contributed by atoms with E-state index in [0.717, 1.165) is 30.1 Å². The maximum absolute atomic E-state index is 12.7. The molecule has 0 radical (unpaired) electrons. The Morgan fingerprint density at radius 2 is 2.07 bits per heavy atom. The van der Waals surface area contributed by atoms with Gasteiger partial charge in [-0.1, -0.05) is 6.07 Å². The van der Waals surface area contributed by atoms with Crippen LogP contribution in [-0.2, 0) is 35.4 Å². The molecule has 1 atom stereocenters. The van der Waals surface area contributed by atoms with Gasteiger partial charge in [-0.3, -0.25) is 14.6 Å². The summed E-state index contributed by atoms with van der Waals surface area (Å²) in [4.78, 5) is 40.4. The van der Waals surface area contributed by atoms with Gasteiger partial charge in [-0.2, -0.15) is 0 Å². The maximum Gasteiger partial charge on any atom is 0.224 e. The van der Waals surface area contributed by atoms with Crippen molar-refractivity contribution in [3.05, 3.63) is 52.9 Å². The molecule has 1 fully saturated rings. The summed E-state index contributed by atoms with van der Waals surface area (Å²) in [6.07, 6.45) is 7.86. The third kappa shape index (κ3) is 4.83. The fraction of sp³-hybridized carbons (Fsp3) is 0.522. The summed E-state index contributed by atoms with van der Waals surface area (Å²) in [5.74, 6) is 0.715. The van der Waals surface area contributed by atoms with Gasteiger partial charge in [-0.25, -0.2) is 9.97 Å². The van der Waals surface area contributed by atoms with Crippen molar-refractivity contribution in [2.24, 2.45) is 5.92 Å². The Morgan fingerprint density at radius 3 is 2.90 bits per heavy atom. The normalized spacial score (nSPS) is 18.8. The first kappa shape index (κ1) is 20.4. The van der Waals surface area contributed by atoms with Crippen molar-refractivity contribution in [3.63, 3.8) is 0 Å². The average Bonchev–Trinajstić information content (AvgIpc) is 2.76. The molecule has 2 aromatic heterocycles. The molecule has 0 spiro atoms. The minimum atomic E-state index is -0.183. The molecule has 4 rings (SSSR count). The Bertz CT molecular complexity index is 915. The molecule has 2 amide bonds. The molecule has 0 aromatic carbocycles. The monoisotopic (exact) mass is 407 g/mol. The zero-order valence-electron chi connectivity index (χ0n) is 17.6. The lowest BCUT2D eigenvalue weighted by Crippen LogP contribution is -2.45. The minimum absolute atomic E-state index is 0.00297. The molecule has 1 N–H and O–H groups in total. The van der Waals surface area contributed by atoms with Gasteiger partial charge in [0.25, 0.3) is 0 Å². The predicted molar refractivity (Wildman–Crippen MR) is 113 cm³/mol. The van der Waals surface area contributed by atoms with Crippen LogP contribution in [0.15, 0.2) is 24.4 Å². The minimum Gasteiger partial charge on any atom is -0.355 e. The highest BCUT2D eigenvalue weighted by Gasteiger charge is 2.30. The van der Waals surface area contributed by atoms with Crippen molar-refractivity contribution in [1.82, 2.24) is 25.2 Å². The van der Waals surface area contributed by atoms with Crippen LogP contribution in [0.1, 0.15) is 54.2 Å². The highest BCUT2D eigenvalue weighted by atomic mass is 16.2. The third-order valence-electron chi connectivity index (χ3n) is 6.03. The number of amides is 2. The Hall–Kier alpha value is -2.83. The van der Waals surface area contributed by atoms with E-state index in [4.69, 9.17) is 4.98 Å². The van der Waals surface area contributed by atoms with Crippen LogP contribution in [0.5, 0.6) is 0 Å². The van der Waals surface area contributed by atoms with Crippen molar-refractivity contribution in [2.75, 3.05) is 13.1 Å². The van der Waals surface area contributed by atoms with E-state index in [1.54, 1.807) is 11.1 Å². The van der Waals surface area contributed by atoms with E-state index < -0.39 is 0 Å². The van der Waals surface area contributed by atoms with Crippen molar-refractivity contribution in [2.45, 2.75) is 58.4 Å². The fourth-order valence-electron chi connectivity index (χ4n) is 4.37. The quantitative estimate of drug-likeness (QED) is 0.793. The molecule has 2 aromatic rings. The second-order valence-corrected chi connectivity index (χ2v) is 8.23. The smallest absolute Gasteiger partial charge is 0.224 e. The third-order valence-corrected chi connectivity index (χ3v) is 6.03. The lowest BCUT2D eigenvalue weighted by Gasteiger charge is -2.31. The first-order valence-corrected chi connectivity index (χ1v) is 10.9. The standard InChI is InChI=1S/C23H29N5O2/c1-16-19-7-2-3-8-20(19)27-21(26-16)11-13-25-23(30)17-9-10-22(29)28(14-17)15-18-6-4-5-12-24-18/h4-6,12,17H,2-3,7-11,13-15H2,1H3,(H,25,30). The number of nitrogens with one attached hydrogen (secondary N) is 1. The number of carbonyl (C=O) groups is 2. The Kier molecular flexibility index (Phi) is 6.35. The molecule has 158 valence electrons. The van der Waals surface area contributed by atoms with E-state index in [2.05, 4.69) is 22.2 Å². The van der Waals surface area contributed by atoms with Crippen LogP contribution < -0.4 is 5.32 Å². The summed E-state index contributed by atoms with van der Waals surface area (Å²) in [5, 5.41) is 3.03. The molecular formula is C23H29N5O2. The van der Waals surface area contributed by atoms with Gasteiger partial charge < -0.3 is 10.2 Å². The van der Waals surface area contributed by atoms with Crippen LogP contribution in [0, 0.1) is 12.8 Å². The van der Waals surface area contributed by atoms with Crippen LogP contribution >= 0.6 is 0 Å². The Morgan fingerprint density at radius 1 is 1.20 bits per heavy atom. The SMILES string of the molecule is Cc1nc(CCNC(=O)C2CCC(=O)N(Cc3ccccn3)C2)nc2c1CCCC2. The molecule has 1 aliphatic carbocycles. The van der Waals surface area contributed by atoms with Crippen molar-refractivity contribution in [3.8, 4) is 0 Å². The number of aryl methyl sites for hydroxylation is 2. The van der Waals surface area contributed by atoms with Gasteiger partial charge in [0.1, 0.15) is 5.82 Å². The average molecular weight is 408 g/mol. The number of likely N-dealkylation sites (tertiary alicyclic amines) is 1. The van der Waals surface area contributed by atoms with E-state index in [0.29, 0.717) is 38.9 Å². The molecule has 7 heteroatoms. The lowest BCUT2D eigenvalue weighted by molar-refractivity contribution is -0.138. The summed E-state index contributed by atoms with van der Waals surface area (Å²) in [6, 6.07) is 5.66. The van der Waals surface area contributed by atoms with Gasteiger partial charge in [0.05, 0.1) is 18.2 Å². The topological polar surface area (TPSA) is 88.1 Å². The Labute approximate surface area is 177 Å². The van der Waals surface area contributed by atoms with Gasteiger partial charge in [-0.15, -0.1) is 0 Å². The Balaban J connectivity index is 1.29. The number of pyridine rings is 1. The van der Waals surface area contributed by atoms with E-state index in [-0.39, 0.29) is 17.7 Å². The summed E-state index contributed by atoms with van der Waals surface area (Å²) in [7, 11) is 0. The number of nitrogens with zero attached hydrogens (tertiary/aromatic N) is 4. The summed E-state index contributed by atoms with van der Waals surface area (Å²) in [6.45, 7) is 3.46. The molecule has 30 heavy (non-hydrogen) atoms. The first-order chi connectivity index (χ1) is 14.6. The second-order valence-electron chi connectivity index (χ2n) is 8.23. The number of hydrogen-bond acceptors (Lipinski definition) is 5. The lowest BCUT2D eigenvalue weighted by atomic mass is 9.95. The van der Waals surface area contributed by atoms with Gasteiger partial charge in [0, 0.05) is 43.5 Å². The molecule has 1 saturated heterocycles. The fourth-order valence-corrected chi connectivity index (χ4v) is 4.37. The van der Waals surface area contributed by atoms with Gasteiger partial charge >= 0.3 is 0 Å². The number of hydrogen-bond donors (Lipinski definition) is 1. The highest BCUT2D eigenvalue weighted by Crippen LogP contribution is 2.22. The second kappa shape index (κ2) is 9.32. The summed E-state index contributed by atoms with van der Waals surface area (Å²) >= 11 is 0. The van der Waals surface area contributed by atoms with E-state index in [1.165, 1.54) is 24.1 Å². The molecule has 0 bridgehead atoms. The number of rotatable bonds is 6. The van der Waals surface area contributed by atoms with Gasteiger partial charge in [-0.05, 0) is 56.7 Å². The van der Waals surface area contributed by atoms with Crippen LogP contribution in [-0.4, -0.2) is 44.8 Å². The van der Waals surface area contributed by atoms with E-state index in [1.807, 2.05) is 18.2 Å². The summed E-state index contributed by atoms with van der Waals surface area (Å²) in [5.41, 5.74) is 4.42. The zero-order valence-corrected chi connectivity index (χ0v) is 17.6. The van der Waals surface area contributed by atoms with Crippen LogP contribution in [0.4, 0.5) is 0 Å². The highest BCUT2D eigenvalue weighted by molar-refractivity contribution is 5.83. The number of carbonyl (C=O) groups excluding carboxylic acids is 2. The maximum atomic E-state index is 12.7. The molecule has 3 heterocycles. The van der Waals surface area contributed by atoms with E-state index in [9.17, 15) is 9.59 Å².